The van der Waals surface area contributed by atoms with E-state index in [1.807, 2.05) is 54.6 Å². The van der Waals surface area contributed by atoms with Crippen molar-refractivity contribution in [2.75, 3.05) is 7.11 Å². The van der Waals surface area contributed by atoms with Crippen LogP contribution in [0.15, 0.2) is 60.7 Å². The summed E-state index contributed by atoms with van der Waals surface area (Å²) in [5.74, 6) is 0.201. The van der Waals surface area contributed by atoms with Crippen molar-refractivity contribution >= 4 is 11.9 Å². The average Bonchev–Trinajstić information content (AvgIpc) is 3.56. The van der Waals surface area contributed by atoms with Crippen LogP contribution in [0.25, 0.3) is 5.69 Å². The van der Waals surface area contributed by atoms with Crippen LogP contribution in [0, 0.1) is 0 Å². The van der Waals surface area contributed by atoms with Gasteiger partial charge in [0, 0.05) is 12.5 Å². The molecule has 0 aliphatic heterocycles. The number of rotatable bonds is 8. The van der Waals surface area contributed by atoms with Gasteiger partial charge in [-0.25, -0.2) is 9.48 Å². The second-order valence-electron chi connectivity index (χ2n) is 7.59. The topological polar surface area (TPSA) is 82.4 Å². The average molecular weight is 419 g/mol. The Morgan fingerprint density at radius 3 is 2.48 bits per heavy atom. The number of nitrogens with one attached hydrogen (secondary N) is 1. The number of hydrogen-bond acceptors (Lipinski definition) is 5. The molecule has 1 N–H and O–H groups in total. The molecule has 2 aromatic carbocycles. The largest absolute Gasteiger partial charge is 0.497 e. The molecule has 1 fully saturated rings. The zero-order chi connectivity index (χ0) is 21.8. The highest BCUT2D eigenvalue weighted by Gasteiger charge is 2.30. The quantitative estimate of drug-likeness (QED) is 0.564. The van der Waals surface area contributed by atoms with Gasteiger partial charge < -0.3 is 14.8 Å². The summed E-state index contributed by atoms with van der Waals surface area (Å²) in [6.45, 7) is 1.89. The van der Waals surface area contributed by atoms with Gasteiger partial charge >= 0.3 is 5.97 Å². The molecule has 1 amide bonds. The van der Waals surface area contributed by atoms with Crippen LogP contribution in [0.5, 0.6) is 5.75 Å². The Bertz CT molecular complexity index is 1060. The summed E-state index contributed by atoms with van der Waals surface area (Å²) < 4.78 is 12.2. The first-order chi connectivity index (χ1) is 15.0. The maximum atomic E-state index is 12.9. The molecular weight excluding hydrogens is 394 g/mol. The van der Waals surface area contributed by atoms with Gasteiger partial charge in [0.2, 0.25) is 0 Å². The molecule has 1 saturated carbocycles. The zero-order valence-corrected chi connectivity index (χ0v) is 17.6. The normalized spacial score (nSPS) is 14.0. The van der Waals surface area contributed by atoms with Gasteiger partial charge in [-0.15, -0.1) is 0 Å². The summed E-state index contributed by atoms with van der Waals surface area (Å²) in [4.78, 5) is 25.3. The molecule has 31 heavy (non-hydrogen) atoms. The van der Waals surface area contributed by atoms with Crippen molar-refractivity contribution in [3.63, 3.8) is 0 Å². The van der Waals surface area contributed by atoms with Gasteiger partial charge in [-0.3, -0.25) is 4.79 Å². The van der Waals surface area contributed by atoms with Crippen molar-refractivity contribution in [1.29, 1.82) is 0 Å². The molecule has 0 unspecified atom stereocenters. The Kier molecular flexibility index (Phi) is 6.02. The van der Waals surface area contributed by atoms with Gasteiger partial charge in [0.05, 0.1) is 18.5 Å². The third-order valence-electron chi connectivity index (χ3n) is 5.21. The van der Waals surface area contributed by atoms with E-state index < -0.39 is 12.1 Å². The van der Waals surface area contributed by atoms with Crippen molar-refractivity contribution in [2.24, 2.45) is 0 Å². The summed E-state index contributed by atoms with van der Waals surface area (Å²) in [5.41, 5.74) is 2.90. The first-order valence-electron chi connectivity index (χ1n) is 10.3. The minimum Gasteiger partial charge on any atom is -0.497 e. The highest BCUT2D eigenvalue weighted by molar-refractivity contribution is 5.91. The molecular formula is C24H25N3O4. The number of aromatic nitrogens is 2. The summed E-state index contributed by atoms with van der Waals surface area (Å²) in [6.07, 6.45) is 1.21. The summed E-state index contributed by atoms with van der Waals surface area (Å²) in [7, 11) is 1.60. The molecule has 3 aromatic rings. The first-order valence-corrected chi connectivity index (χ1v) is 10.3. The Hall–Kier alpha value is -3.61. The van der Waals surface area contributed by atoms with Crippen LogP contribution in [-0.2, 0) is 16.1 Å². The van der Waals surface area contributed by atoms with Crippen LogP contribution in [0.1, 0.15) is 47.4 Å². The lowest BCUT2D eigenvalue weighted by Crippen LogP contribution is -2.35. The van der Waals surface area contributed by atoms with Crippen molar-refractivity contribution in [3.8, 4) is 11.4 Å². The van der Waals surface area contributed by atoms with Gasteiger partial charge in [0.25, 0.3) is 5.91 Å². The van der Waals surface area contributed by atoms with E-state index >= 15 is 0 Å². The number of carbonyl (C=O) groups is 2. The van der Waals surface area contributed by atoms with E-state index in [-0.39, 0.29) is 5.91 Å². The first kappa shape index (κ1) is 20.7. The van der Waals surface area contributed by atoms with Gasteiger partial charge in [-0.1, -0.05) is 30.3 Å². The maximum Gasteiger partial charge on any atom is 0.357 e. The molecule has 7 heteroatoms. The van der Waals surface area contributed by atoms with Crippen molar-refractivity contribution in [2.45, 2.75) is 38.3 Å². The molecule has 1 atom stereocenters. The molecule has 7 nitrogen and oxygen atoms in total. The maximum absolute atomic E-state index is 12.9. The van der Waals surface area contributed by atoms with E-state index in [0.29, 0.717) is 18.2 Å². The summed E-state index contributed by atoms with van der Waals surface area (Å²) in [5, 5.41) is 7.40. The molecule has 1 aromatic heterocycles. The molecule has 0 bridgehead atoms. The molecule has 1 aliphatic carbocycles. The lowest BCUT2D eigenvalue weighted by Gasteiger charge is -2.14. The van der Waals surface area contributed by atoms with Crippen LogP contribution in [0.4, 0.5) is 0 Å². The second kappa shape index (κ2) is 9.04. The Labute approximate surface area is 181 Å². The molecule has 0 saturated heterocycles. The minimum absolute atomic E-state index is 0.322. The van der Waals surface area contributed by atoms with Crippen molar-refractivity contribution in [3.05, 3.63) is 77.6 Å². The van der Waals surface area contributed by atoms with Gasteiger partial charge in [0.15, 0.2) is 11.8 Å². The van der Waals surface area contributed by atoms with Crippen LogP contribution in [0.3, 0.4) is 0 Å². The monoisotopic (exact) mass is 419 g/mol. The molecule has 1 aliphatic rings. The summed E-state index contributed by atoms with van der Waals surface area (Å²) >= 11 is 0. The second-order valence-corrected chi connectivity index (χ2v) is 7.59. The Morgan fingerprint density at radius 2 is 1.84 bits per heavy atom. The van der Waals surface area contributed by atoms with Crippen LogP contribution in [-0.4, -0.2) is 34.9 Å². The number of esters is 1. The van der Waals surface area contributed by atoms with E-state index in [9.17, 15) is 9.59 Å². The van der Waals surface area contributed by atoms with E-state index in [1.165, 1.54) is 0 Å². The third-order valence-corrected chi connectivity index (χ3v) is 5.21. The third kappa shape index (κ3) is 4.94. The number of amides is 1. The molecule has 4 rings (SSSR count). The highest BCUT2D eigenvalue weighted by Crippen LogP contribution is 2.39. The lowest BCUT2D eigenvalue weighted by molar-refractivity contribution is -0.129. The molecule has 0 spiro atoms. The van der Waals surface area contributed by atoms with Crippen LogP contribution < -0.4 is 10.1 Å². The minimum atomic E-state index is -0.936. The zero-order valence-electron chi connectivity index (χ0n) is 17.6. The predicted molar refractivity (Wildman–Crippen MR) is 115 cm³/mol. The Balaban J connectivity index is 1.41. The summed E-state index contributed by atoms with van der Waals surface area (Å²) in [6, 6.07) is 18.6. The number of nitrogens with zero attached hydrogens (tertiary/aromatic N) is 2. The van der Waals surface area contributed by atoms with Crippen molar-refractivity contribution in [1.82, 2.24) is 15.1 Å². The highest BCUT2D eigenvalue weighted by atomic mass is 16.5. The molecule has 1 heterocycles. The SMILES string of the molecule is COc1ccc(CNC(=O)[C@H](C)OC(=O)c2cc(C3CC3)nn2-c2ccccc2)cc1. The fourth-order valence-electron chi connectivity index (χ4n) is 3.24. The smallest absolute Gasteiger partial charge is 0.357 e. The Morgan fingerprint density at radius 1 is 1.13 bits per heavy atom. The number of carbonyl (C=O) groups excluding carboxylic acids is 2. The molecule has 0 radical (unpaired) electrons. The number of benzene rings is 2. The van der Waals surface area contributed by atoms with Crippen LogP contribution in [0.2, 0.25) is 0 Å². The number of methoxy groups -OCH3 is 1. The standard InChI is InChI=1S/C24H25N3O4/c1-16(23(28)25-15-17-8-12-20(30-2)13-9-17)31-24(29)22-14-21(18-10-11-18)26-27(22)19-6-4-3-5-7-19/h3-9,12-14,16,18H,10-11,15H2,1-2H3,(H,25,28)/t16-/m0/s1. The lowest BCUT2D eigenvalue weighted by atomic mass is 10.2. The predicted octanol–water partition coefficient (Wildman–Crippen LogP) is 3.62. The van der Waals surface area contributed by atoms with E-state index in [4.69, 9.17) is 9.47 Å². The van der Waals surface area contributed by atoms with Gasteiger partial charge in [0.1, 0.15) is 5.75 Å². The van der Waals surface area contributed by atoms with E-state index in [0.717, 1.165) is 35.5 Å². The fraction of sp³-hybridized carbons (Fsp3) is 0.292. The fourth-order valence-corrected chi connectivity index (χ4v) is 3.24. The van der Waals surface area contributed by atoms with E-state index in [1.54, 1.807) is 24.8 Å². The van der Waals surface area contributed by atoms with Crippen molar-refractivity contribution < 1.29 is 19.1 Å². The molecule has 160 valence electrons. The van der Waals surface area contributed by atoms with Gasteiger partial charge in [-0.2, -0.15) is 5.10 Å². The van der Waals surface area contributed by atoms with Gasteiger partial charge in [-0.05, 0) is 55.7 Å². The number of ether oxygens (including phenoxy) is 2. The number of para-hydroxylation sites is 1. The number of hydrogen-bond donors (Lipinski definition) is 1. The van der Waals surface area contributed by atoms with Crippen LogP contribution >= 0.6 is 0 Å². The van der Waals surface area contributed by atoms with E-state index in [2.05, 4.69) is 10.4 Å².